The molecule has 30 heavy (non-hydrogen) atoms. The fourth-order valence-electron chi connectivity index (χ4n) is 4.19. The van der Waals surface area contributed by atoms with Gasteiger partial charge in [0, 0.05) is 30.1 Å². The Morgan fingerprint density at radius 2 is 1.93 bits per heavy atom. The molecule has 1 amide bonds. The van der Waals surface area contributed by atoms with Crippen molar-refractivity contribution in [2.75, 3.05) is 20.8 Å². The van der Waals surface area contributed by atoms with E-state index in [1.165, 1.54) is 0 Å². The summed E-state index contributed by atoms with van der Waals surface area (Å²) in [6.45, 7) is 2.76. The Morgan fingerprint density at radius 3 is 2.70 bits per heavy atom. The van der Waals surface area contributed by atoms with Crippen LogP contribution in [-0.2, 0) is 0 Å². The first-order chi connectivity index (χ1) is 14.6. The summed E-state index contributed by atoms with van der Waals surface area (Å²) < 4.78 is 11.0. The summed E-state index contributed by atoms with van der Waals surface area (Å²) >= 11 is 0. The maximum absolute atomic E-state index is 13.4. The van der Waals surface area contributed by atoms with E-state index in [0.29, 0.717) is 11.3 Å². The van der Waals surface area contributed by atoms with Gasteiger partial charge in [0.2, 0.25) is 0 Å². The number of carbonyl (C=O) groups excluding carboxylic acids is 1. The molecule has 0 radical (unpaired) electrons. The van der Waals surface area contributed by atoms with Crippen LogP contribution in [0.5, 0.6) is 11.5 Å². The van der Waals surface area contributed by atoms with Gasteiger partial charge in [0.05, 0.1) is 20.3 Å². The zero-order valence-electron chi connectivity index (χ0n) is 17.6. The highest BCUT2D eigenvalue weighted by molar-refractivity contribution is 5.96. The number of amides is 1. The van der Waals surface area contributed by atoms with Crippen LogP contribution in [0.15, 0.2) is 60.9 Å². The molecule has 3 aromatic rings. The maximum atomic E-state index is 13.4. The van der Waals surface area contributed by atoms with Crippen LogP contribution < -0.4 is 9.47 Å². The van der Waals surface area contributed by atoms with Crippen molar-refractivity contribution in [2.45, 2.75) is 25.8 Å². The molecule has 1 aliphatic rings. The minimum absolute atomic E-state index is 0.0246. The lowest BCUT2D eigenvalue weighted by molar-refractivity contribution is 0.0735. The molecule has 2 heterocycles. The van der Waals surface area contributed by atoms with Crippen LogP contribution in [0, 0.1) is 6.92 Å². The Kier molecular flexibility index (Phi) is 5.70. The Morgan fingerprint density at radius 1 is 1.07 bits per heavy atom. The molecule has 1 saturated heterocycles. The molecule has 4 rings (SSSR count). The number of benzene rings is 2. The Bertz CT molecular complexity index is 1060. The van der Waals surface area contributed by atoms with Crippen LogP contribution in [0.25, 0.3) is 11.1 Å². The Hall–Kier alpha value is -3.34. The first-order valence-electron chi connectivity index (χ1n) is 10.2. The first-order valence-corrected chi connectivity index (χ1v) is 10.2. The highest BCUT2D eigenvalue weighted by Gasteiger charge is 2.31. The summed E-state index contributed by atoms with van der Waals surface area (Å²) in [7, 11) is 3.30. The summed E-state index contributed by atoms with van der Waals surface area (Å²) in [6.07, 6.45) is 5.53. The van der Waals surface area contributed by atoms with Gasteiger partial charge >= 0.3 is 0 Å². The number of ether oxygens (including phenoxy) is 2. The minimum atomic E-state index is 0.0246. The van der Waals surface area contributed by atoms with Crippen molar-refractivity contribution >= 4 is 5.91 Å². The van der Waals surface area contributed by atoms with Crippen molar-refractivity contribution in [1.82, 2.24) is 9.88 Å². The molecule has 0 aliphatic carbocycles. The normalized spacial score (nSPS) is 15.8. The van der Waals surface area contributed by atoms with Crippen LogP contribution in [0.4, 0.5) is 0 Å². The lowest BCUT2D eigenvalue weighted by atomic mass is 9.99. The molecule has 1 aromatic heterocycles. The number of likely N-dealkylation sites (tertiary alicyclic amines) is 1. The summed E-state index contributed by atoms with van der Waals surface area (Å²) in [5.74, 6) is 1.52. The fraction of sp³-hybridized carbons (Fsp3) is 0.280. The number of hydrogen-bond donors (Lipinski definition) is 0. The zero-order valence-corrected chi connectivity index (χ0v) is 17.6. The van der Waals surface area contributed by atoms with Gasteiger partial charge in [-0.1, -0.05) is 12.1 Å². The molecule has 0 spiro atoms. The van der Waals surface area contributed by atoms with E-state index in [4.69, 9.17) is 9.47 Å². The Balaban J connectivity index is 1.65. The van der Waals surface area contributed by atoms with Crippen molar-refractivity contribution in [3.8, 4) is 22.6 Å². The monoisotopic (exact) mass is 402 g/mol. The molecule has 154 valence electrons. The van der Waals surface area contributed by atoms with Gasteiger partial charge in [-0.2, -0.15) is 0 Å². The Labute approximate surface area is 177 Å². The van der Waals surface area contributed by atoms with Crippen LogP contribution in [-0.4, -0.2) is 36.6 Å². The number of aromatic nitrogens is 1. The lowest BCUT2D eigenvalue weighted by Gasteiger charge is -2.26. The van der Waals surface area contributed by atoms with E-state index >= 15 is 0 Å². The molecule has 2 aromatic carbocycles. The number of hydrogen-bond acceptors (Lipinski definition) is 4. The molecule has 1 atom stereocenters. The topological polar surface area (TPSA) is 51.7 Å². The molecular weight excluding hydrogens is 376 g/mol. The predicted molar refractivity (Wildman–Crippen MR) is 117 cm³/mol. The minimum Gasteiger partial charge on any atom is -0.497 e. The molecular formula is C25H26N2O3. The zero-order chi connectivity index (χ0) is 21.1. The summed E-state index contributed by atoms with van der Waals surface area (Å²) in [6, 6.07) is 15.7. The van der Waals surface area contributed by atoms with Gasteiger partial charge in [-0.15, -0.1) is 0 Å². The van der Waals surface area contributed by atoms with E-state index in [1.807, 2.05) is 60.5 Å². The third-order valence-electron chi connectivity index (χ3n) is 5.75. The van der Waals surface area contributed by atoms with Crippen LogP contribution >= 0.6 is 0 Å². The van der Waals surface area contributed by atoms with Crippen LogP contribution in [0.1, 0.15) is 40.4 Å². The van der Waals surface area contributed by atoms with Crippen LogP contribution in [0.2, 0.25) is 0 Å². The maximum Gasteiger partial charge on any atom is 0.254 e. The summed E-state index contributed by atoms with van der Waals surface area (Å²) in [5, 5.41) is 0. The molecule has 1 aliphatic heterocycles. The van der Waals surface area contributed by atoms with Gasteiger partial charge < -0.3 is 14.4 Å². The molecule has 5 nitrogen and oxygen atoms in total. The number of pyridine rings is 1. The molecule has 5 heteroatoms. The van der Waals surface area contributed by atoms with Crippen molar-refractivity contribution in [1.29, 1.82) is 0 Å². The second-order valence-electron chi connectivity index (χ2n) is 7.54. The van der Waals surface area contributed by atoms with Gasteiger partial charge in [0.1, 0.15) is 11.5 Å². The smallest absolute Gasteiger partial charge is 0.254 e. The van der Waals surface area contributed by atoms with E-state index < -0.39 is 0 Å². The van der Waals surface area contributed by atoms with E-state index in [2.05, 4.69) is 11.1 Å². The van der Waals surface area contributed by atoms with E-state index in [0.717, 1.165) is 47.4 Å². The van der Waals surface area contributed by atoms with Gasteiger partial charge in [0.15, 0.2) is 0 Å². The molecule has 1 unspecified atom stereocenters. The quantitative estimate of drug-likeness (QED) is 0.599. The predicted octanol–water partition coefficient (Wildman–Crippen LogP) is 5.05. The van der Waals surface area contributed by atoms with E-state index in [9.17, 15) is 4.79 Å². The number of methoxy groups -OCH3 is 2. The molecule has 0 bridgehead atoms. The van der Waals surface area contributed by atoms with Gasteiger partial charge in [-0.25, -0.2) is 0 Å². The number of nitrogens with zero attached hydrogens (tertiary/aromatic N) is 2. The van der Waals surface area contributed by atoms with Crippen molar-refractivity contribution in [2.24, 2.45) is 0 Å². The van der Waals surface area contributed by atoms with Crippen molar-refractivity contribution in [3.63, 3.8) is 0 Å². The standard InChI is InChI=1S/C25H26N2O3/c1-17-16-26-12-11-21(17)22-10-9-19(15-24(22)30-3)25(28)27-13-5-8-23(27)18-6-4-7-20(14-18)29-2/h4,6-7,9-12,14-16,23H,5,8,13H2,1-3H3. The number of aryl methyl sites for hydroxylation is 1. The molecule has 0 saturated carbocycles. The average molecular weight is 402 g/mol. The number of rotatable bonds is 5. The number of carbonyl (C=O) groups is 1. The third-order valence-corrected chi connectivity index (χ3v) is 5.75. The molecule has 1 fully saturated rings. The first kappa shape index (κ1) is 20.0. The SMILES string of the molecule is COc1cccc(C2CCCN2C(=O)c2ccc(-c3ccncc3C)c(OC)c2)c1. The second kappa shape index (κ2) is 8.57. The van der Waals surface area contributed by atoms with Crippen molar-refractivity contribution in [3.05, 3.63) is 77.6 Å². The molecule has 0 N–H and O–H groups in total. The van der Waals surface area contributed by atoms with E-state index in [1.54, 1.807) is 20.4 Å². The summed E-state index contributed by atoms with van der Waals surface area (Å²) in [5.41, 5.74) is 4.82. The fourth-order valence-corrected chi connectivity index (χ4v) is 4.19. The van der Waals surface area contributed by atoms with Gasteiger partial charge in [-0.05, 0) is 72.9 Å². The second-order valence-corrected chi connectivity index (χ2v) is 7.54. The van der Waals surface area contributed by atoms with Crippen molar-refractivity contribution < 1.29 is 14.3 Å². The van der Waals surface area contributed by atoms with Gasteiger partial charge in [-0.3, -0.25) is 9.78 Å². The summed E-state index contributed by atoms with van der Waals surface area (Å²) in [4.78, 5) is 19.5. The highest BCUT2D eigenvalue weighted by atomic mass is 16.5. The van der Waals surface area contributed by atoms with Crippen LogP contribution in [0.3, 0.4) is 0 Å². The highest BCUT2D eigenvalue weighted by Crippen LogP contribution is 2.37. The average Bonchev–Trinajstić information content (AvgIpc) is 3.28. The van der Waals surface area contributed by atoms with Gasteiger partial charge in [0.25, 0.3) is 5.91 Å². The third kappa shape index (κ3) is 3.75. The largest absolute Gasteiger partial charge is 0.497 e. The lowest BCUT2D eigenvalue weighted by Crippen LogP contribution is -2.30. The van der Waals surface area contributed by atoms with E-state index in [-0.39, 0.29) is 11.9 Å².